The van der Waals surface area contributed by atoms with Crippen molar-refractivity contribution < 1.29 is 4.79 Å². The summed E-state index contributed by atoms with van der Waals surface area (Å²) in [5.41, 5.74) is 1.02. The van der Waals surface area contributed by atoms with Gasteiger partial charge in [-0.1, -0.05) is 46.0 Å². The van der Waals surface area contributed by atoms with E-state index in [1.165, 1.54) is 32.1 Å². The number of hydrogen-bond donors (Lipinski definition) is 1. The first-order valence-corrected chi connectivity index (χ1v) is 7.90. The third-order valence-corrected chi connectivity index (χ3v) is 4.26. The molecule has 4 nitrogen and oxygen atoms in total. The third-order valence-electron chi connectivity index (χ3n) is 4.26. The van der Waals surface area contributed by atoms with Crippen LogP contribution in [0, 0.1) is 5.92 Å². The van der Waals surface area contributed by atoms with E-state index in [2.05, 4.69) is 24.3 Å². The molecular weight excluding hydrogens is 250 g/mol. The molecule has 4 heteroatoms. The van der Waals surface area contributed by atoms with E-state index in [4.69, 9.17) is 0 Å². The lowest BCUT2D eigenvalue weighted by molar-refractivity contribution is -0.116. The van der Waals surface area contributed by atoms with Crippen LogP contribution in [0.4, 0.5) is 5.82 Å². The zero-order chi connectivity index (χ0) is 14.5. The third kappa shape index (κ3) is 4.09. The highest BCUT2D eigenvalue weighted by molar-refractivity contribution is 5.89. The van der Waals surface area contributed by atoms with Gasteiger partial charge in [0.2, 0.25) is 5.91 Å². The molecule has 1 heterocycles. The molecule has 1 fully saturated rings. The van der Waals surface area contributed by atoms with Crippen LogP contribution in [0.3, 0.4) is 0 Å². The number of anilines is 1. The topological polar surface area (TPSA) is 46.9 Å². The molecule has 2 rings (SSSR count). The van der Waals surface area contributed by atoms with Crippen molar-refractivity contribution in [3.05, 3.63) is 11.8 Å². The second kappa shape index (κ2) is 6.91. The second-order valence-electron chi connectivity index (χ2n) is 6.32. The largest absolute Gasteiger partial charge is 0.311 e. The Balaban J connectivity index is 1.81. The predicted molar refractivity (Wildman–Crippen MR) is 81.7 cm³/mol. The highest BCUT2D eigenvalue weighted by atomic mass is 16.1. The standard InChI is InChI=1S/C16H27N3O/c1-12(2)14-11-15(19(3)18-14)17-16(20)10-9-13-7-5-4-6-8-13/h11-13H,4-10H2,1-3H3,(H,17,20). The number of amides is 1. The SMILES string of the molecule is CC(C)c1cc(NC(=O)CCC2CCCCC2)n(C)n1. The molecule has 20 heavy (non-hydrogen) atoms. The van der Waals surface area contributed by atoms with Gasteiger partial charge in [-0.05, 0) is 18.3 Å². The molecule has 0 aliphatic heterocycles. The van der Waals surface area contributed by atoms with Crippen molar-refractivity contribution in [1.29, 1.82) is 0 Å². The molecule has 1 amide bonds. The first-order chi connectivity index (χ1) is 9.56. The van der Waals surface area contributed by atoms with Gasteiger partial charge >= 0.3 is 0 Å². The van der Waals surface area contributed by atoms with Gasteiger partial charge in [0.15, 0.2) is 0 Å². The highest BCUT2D eigenvalue weighted by Crippen LogP contribution is 2.27. The minimum absolute atomic E-state index is 0.119. The summed E-state index contributed by atoms with van der Waals surface area (Å²) < 4.78 is 1.76. The van der Waals surface area contributed by atoms with Gasteiger partial charge < -0.3 is 5.32 Å². The molecule has 1 aliphatic carbocycles. The monoisotopic (exact) mass is 277 g/mol. The minimum Gasteiger partial charge on any atom is -0.311 e. The zero-order valence-corrected chi connectivity index (χ0v) is 13.0. The van der Waals surface area contributed by atoms with E-state index < -0.39 is 0 Å². The number of carbonyl (C=O) groups is 1. The number of nitrogens with one attached hydrogen (secondary N) is 1. The van der Waals surface area contributed by atoms with Crippen LogP contribution in [-0.4, -0.2) is 15.7 Å². The van der Waals surface area contributed by atoms with Crippen molar-refractivity contribution >= 4 is 11.7 Å². The molecule has 1 aromatic rings. The molecule has 112 valence electrons. The smallest absolute Gasteiger partial charge is 0.225 e. The van der Waals surface area contributed by atoms with E-state index >= 15 is 0 Å². The van der Waals surface area contributed by atoms with Gasteiger partial charge in [-0.15, -0.1) is 0 Å². The summed E-state index contributed by atoms with van der Waals surface area (Å²) >= 11 is 0. The molecule has 0 spiro atoms. The molecule has 1 N–H and O–H groups in total. The molecule has 0 aromatic carbocycles. The summed E-state index contributed by atoms with van der Waals surface area (Å²) in [5.74, 6) is 2.07. The van der Waals surface area contributed by atoms with Gasteiger partial charge in [-0.2, -0.15) is 5.10 Å². The van der Waals surface area contributed by atoms with Crippen molar-refractivity contribution in [2.45, 2.75) is 64.7 Å². The summed E-state index contributed by atoms with van der Waals surface area (Å²) in [4.78, 5) is 12.0. The Bertz CT molecular complexity index is 445. The summed E-state index contributed by atoms with van der Waals surface area (Å²) in [7, 11) is 1.88. The van der Waals surface area contributed by atoms with Gasteiger partial charge in [0, 0.05) is 19.5 Å². The quantitative estimate of drug-likeness (QED) is 0.888. The maximum Gasteiger partial charge on any atom is 0.225 e. The fourth-order valence-corrected chi connectivity index (χ4v) is 2.90. The van der Waals surface area contributed by atoms with Gasteiger partial charge in [-0.3, -0.25) is 9.48 Å². The molecule has 0 bridgehead atoms. The Morgan fingerprint density at radius 3 is 2.70 bits per heavy atom. The summed E-state index contributed by atoms with van der Waals surface area (Å²) in [6.07, 6.45) is 8.31. The van der Waals surface area contributed by atoms with Gasteiger partial charge in [0.25, 0.3) is 0 Å². The van der Waals surface area contributed by atoms with Crippen LogP contribution in [0.1, 0.15) is 70.4 Å². The van der Waals surface area contributed by atoms with Crippen molar-refractivity contribution in [3.8, 4) is 0 Å². The van der Waals surface area contributed by atoms with Crippen molar-refractivity contribution in [1.82, 2.24) is 9.78 Å². The molecule has 0 saturated heterocycles. The zero-order valence-electron chi connectivity index (χ0n) is 13.0. The molecule has 0 unspecified atom stereocenters. The Morgan fingerprint density at radius 2 is 2.10 bits per heavy atom. The van der Waals surface area contributed by atoms with E-state index in [0.717, 1.165) is 23.9 Å². The number of carbonyl (C=O) groups excluding carboxylic acids is 1. The van der Waals surface area contributed by atoms with Gasteiger partial charge in [0.05, 0.1) is 5.69 Å². The van der Waals surface area contributed by atoms with E-state index in [1.54, 1.807) is 4.68 Å². The summed E-state index contributed by atoms with van der Waals surface area (Å²) in [6, 6.07) is 1.98. The van der Waals surface area contributed by atoms with Crippen molar-refractivity contribution in [3.63, 3.8) is 0 Å². The van der Waals surface area contributed by atoms with Crippen LogP contribution < -0.4 is 5.32 Å². The summed E-state index contributed by atoms with van der Waals surface area (Å²) in [6.45, 7) is 4.22. The lowest BCUT2D eigenvalue weighted by Crippen LogP contribution is -2.16. The Morgan fingerprint density at radius 1 is 1.40 bits per heavy atom. The molecule has 0 radical (unpaired) electrons. The fraction of sp³-hybridized carbons (Fsp3) is 0.750. The fourth-order valence-electron chi connectivity index (χ4n) is 2.90. The Hall–Kier alpha value is -1.32. The maximum atomic E-state index is 12.0. The van der Waals surface area contributed by atoms with Crippen LogP contribution in [0.15, 0.2) is 6.07 Å². The van der Waals surface area contributed by atoms with Crippen LogP contribution >= 0.6 is 0 Å². The van der Waals surface area contributed by atoms with Crippen LogP contribution in [0.5, 0.6) is 0 Å². The van der Waals surface area contributed by atoms with Gasteiger partial charge in [-0.25, -0.2) is 0 Å². The molecule has 1 saturated carbocycles. The van der Waals surface area contributed by atoms with E-state index in [1.807, 2.05) is 13.1 Å². The number of aryl methyl sites for hydroxylation is 1. The first kappa shape index (κ1) is 15.1. The lowest BCUT2D eigenvalue weighted by Gasteiger charge is -2.20. The number of nitrogens with zero attached hydrogens (tertiary/aromatic N) is 2. The van der Waals surface area contributed by atoms with E-state index in [0.29, 0.717) is 12.3 Å². The highest BCUT2D eigenvalue weighted by Gasteiger charge is 2.16. The van der Waals surface area contributed by atoms with E-state index in [-0.39, 0.29) is 5.91 Å². The van der Waals surface area contributed by atoms with Gasteiger partial charge in [0.1, 0.15) is 5.82 Å². The summed E-state index contributed by atoms with van der Waals surface area (Å²) in [5, 5.41) is 7.40. The lowest BCUT2D eigenvalue weighted by atomic mass is 9.86. The first-order valence-electron chi connectivity index (χ1n) is 7.90. The Kier molecular flexibility index (Phi) is 5.21. The second-order valence-corrected chi connectivity index (χ2v) is 6.32. The predicted octanol–water partition coefficient (Wildman–Crippen LogP) is 3.84. The minimum atomic E-state index is 0.119. The van der Waals surface area contributed by atoms with Crippen LogP contribution in [0.2, 0.25) is 0 Å². The molecule has 1 aromatic heterocycles. The van der Waals surface area contributed by atoms with Crippen molar-refractivity contribution in [2.75, 3.05) is 5.32 Å². The molecular formula is C16H27N3O. The number of rotatable bonds is 5. The van der Waals surface area contributed by atoms with Crippen LogP contribution in [-0.2, 0) is 11.8 Å². The molecule has 0 atom stereocenters. The van der Waals surface area contributed by atoms with Crippen LogP contribution in [0.25, 0.3) is 0 Å². The normalized spacial score (nSPS) is 16.6. The van der Waals surface area contributed by atoms with E-state index in [9.17, 15) is 4.79 Å². The van der Waals surface area contributed by atoms with Crippen molar-refractivity contribution in [2.24, 2.45) is 13.0 Å². The number of hydrogen-bond acceptors (Lipinski definition) is 2. The average Bonchev–Trinajstić information content (AvgIpc) is 2.79. The molecule has 1 aliphatic rings. The average molecular weight is 277 g/mol. The maximum absolute atomic E-state index is 12.0. The Labute approximate surface area is 121 Å². The number of aromatic nitrogens is 2.